The fourth-order valence-corrected chi connectivity index (χ4v) is 1.76. The van der Waals surface area contributed by atoms with Gasteiger partial charge in [0.15, 0.2) is 5.69 Å². The molecule has 0 aromatic heterocycles. The van der Waals surface area contributed by atoms with Crippen molar-refractivity contribution >= 4 is 27.3 Å². The molecule has 0 spiro atoms. The number of halogens is 1. The highest BCUT2D eigenvalue weighted by Gasteiger charge is 2.20. The molecule has 0 N–H and O–H groups in total. The minimum atomic E-state index is 0.139. The first kappa shape index (κ1) is 10.2. The number of hydrogen-bond donors (Lipinski definition) is 0. The first-order valence-electron chi connectivity index (χ1n) is 4.60. The van der Waals surface area contributed by atoms with Crippen molar-refractivity contribution in [2.45, 2.75) is 12.5 Å². The Labute approximate surface area is 96.7 Å². The molecule has 0 radical (unpaired) electrons. The standard InChI is InChI=1S/C11H9BrN2O/c1-13-9-4-2-8(3-5-9)11-6-10(7-12)15-14-11/h2-5,10H,6-7H2. The summed E-state index contributed by atoms with van der Waals surface area (Å²) in [6, 6.07) is 7.41. The third-order valence-electron chi connectivity index (χ3n) is 2.23. The van der Waals surface area contributed by atoms with Crippen molar-refractivity contribution in [3.63, 3.8) is 0 Å². The average Bonchev–Trinajstić information content (AvgIpc) is 2.78. The van der Waals surface area contributed by atoms with E-state index in [4.69, 9.17) is 11.4 Å². The van der Waals surface area contributed by atoms with Gasteiger partial charge in [0.05, 0.1) is 12.3 Å². The van der Waals surface area contributed by atoms with E-state index in [2.05, 4.69) is 25.9 Å². The highest BCUT2D eigenvalue weighted by molar-refractivity contribution is 9.09. The van der Waals surface area contributed by atoms with Crippen LogP contribution >= 0.6 is 15.9 Å². The molecule has 0 aliphatic carbocycles. The smallest absolute Gasteiger partial charge is 0.187 e. The summed E-state index contributed by atoms with van der Waals surface area (Å²) in [5.41, 5.74) is 2.64. The van der Waals surface area contributed by atoms with Crippen LogP contribution in [0.5, 0.6) is 0 Å². The van der Waals surface area contributed by atoms with E-state index in [1.54, 1.807) is 12.1 Å². The van der Waals surface area contributed by atoms with Gasteiger partial charge in [-0.05, 0) is 5.56 Å². The van der Waals surface area contributed by atoms with Gasteiger partial charge in [0.1, 0.15) is 6.10 Å². The SMILES string of the molecule is [C-]#[N+]c1ccc(C2=NOC(CBr)C2)cc1. The molecule has 4 heteroatoms. The fourth-order valence-electron chi connectivity index (χ4n) is 1.41. The summed E-state index contributed by atoms with van der Waals surface area (Å²) in [6.07, 6.45) is 0.961. The van der Waals surface area contributed by atoms with Gasteiger partial charge in [0.25, 0.3) is 0 Å². The number of nitrogens with zero attached hydrogens (tertiary/aromatic N) is 2. The van der Waals surface area contributed by atoms with E-state index in [1.165, 1.54) is 0 Å². The Morgan fingerprint density at radius 2 is 2.20 bits per heavy atom. The van der Waals surface area contributed by atoms with Crippen LogP contribution in [0, 0.1) is 6.57 Å². The van der Waals surface area contributed by atoms with Gasteiger partial charge in [-0.15, -0.1) is 0 Å². The highest BCUT2D eigenvalue weighted by atomic mass is 79.9. The maximum absolute atomic E-state index is 6.85. The van der Waals surface area contributed by atoms with Gasteiger partial charge in [0, 0.05) is 11.8 Å². The minimum Gasteiger partial charge on any atom is -0.391 e. The second-order valence-corrected chi connectivity index (χ2v) is 3.93. The Morgan fingerprint density at radius 1 is 1.47 bits per heavy atom. The van der Waals surface area contributed by atoms with Gasteiger partial charge in [-0.1, -0.05) is 45.4 Å². The molecule has 0 fully saturated rings. The maximum Gasteiger partial charge on any atom is 0.187 e. The lowest BCUT2D eigenvalue weighted by Gasteiger charge is -2.01. The topological polar surface area (TPSA) is 25.9 Å². The van der Waals surface area contributed by atoms with Crippen molar-refractivity contribution in [1.82, 2.24) is 0 Å². The molecule has 1 heterocycles. The molecule has 2 rings (SSSR count). The van der Waals surface area contributed by atoms with E-state index in [1.807, 2.05) is 12.1 Å². The molecule has 0 saturated heterocycles. The lowest BCUT2D eigenvalue weighted by atomic mass is 10.1. The maximum atomic E-state index is 6.85. The van der Waals surface area contributed by atoms with Gasteiger partial charge >= 0.3 is 0 Å². The van der Waals surface area contributed by atoms with E-state index in [0.717, 1.165) is 23.0 Å². The summed E-state index contributed by atoms with van der Waals surface area (Å²) < 4.78 is 0. The summed E-state index contributed by atoms with van der Waals surface area (Å²) in [5, 5.41) is 4.81. The third-order valence-corrected chi connectivity index (χ3v) is 2.96. The monoisotopic (exact) mass is 264 g/mol. The molecule has 0 bridgehead atoms. The molecule has 1 unspecified atom stereocenters. The summed E-state index contributed by atoms with van der Waals surface area (Å²) >= 11 is 3.36. The van der Waals surface area contributed by atoms with E-state index in [-0.39, 0.29) is 6.10 Å². The van der Waals surface area contributed by atoms with Crippen LogP contribution in [0.25, 0.3) is 4.85 Å². The lowest BCUT2D eigenvalue weighted by molar-refractivity contribution is 0.104. The van der Waals surface area contributed by atoms with Crippen LogP contribution < -0.4 is 0 Å². The molecule has 15 heavy (non-hydrogen) atoms. The molecular weight excluding hydrogens is 256 g/mol. The zero-order chi connectivity index (χ0) is 10.7. The first-order valence-corrected chi connectivity index (χ1v) is 5.72. The summed E-state index contributed by atoms with van der Waals surface area (Å²) in [6.45, 7) is 6.85. The van der Waals surface area contributed by atoms with Crippen molar-refractivity contribution in [3.05, 3.63) is 41.2 Å². The van der Waals surface area contributed by atoms with Crippen molar-refractivity contribution in [2.24, 2.45) is 5.16 Å². The summed E-state index contributed by atoms with van der Waals surface area (Å²) in [7, 11) is 0. The van der Waals surface area contributed by atoms with Crippen LogP contribution in [0.15, 0.2) is 29.4 Å². The number of alkyl halides is 1. The van der Waals surface area contributed by atoms with E-state index in [0.29, 0.717) is 5.69 Å². The Bertz CT molecular complexity index is 419. The molecule has 1 aliphatic heterocycles. The predicted molar refractivity (Wildman–Crippen MR) is 62.5 cm³/mol. The van der Waals surface area contributed by atoms with Gasteiger partial charge in [-0.2, -0.15) is 0 Å². The zero-order valence-electron chi connectivity index (χ0n) is 7.98. The normalized spacial score (nSPS) is 19.2. The van der Waals surface area contributed by atoms with Crippen LogP contribution in [0.2, 0.25) is 0 Å². The lowest BCUT2D eigenvalue weighted by Crippen LogP contribution is -2.09. The Morgan fingerprint density at radius 3 is 2.73 bits per heavy atom. The quantitative estimate of drug-likeness (QED) is 0.596. The van der Waals surface area contributed by atoms with Gasteiger partial charge in [-0.3, -0.25) is 0 Å². The second-order valence-electron chi connectivity index (χ2n) is 3.28. The molecule has 1 aromatic carbocycles. The molecular formula is C11H9BrN2O. The average molecular weight is 265 g/mol. The first-order chi connectivity index (χ1) is 7.33. The third kappa shape index (κ3) is 2.18. The van der Waals surface area contributed by atoms with E-state index < -0.39 is 0 Å². The van der Waals surface area contributed by atoms with Gasteiger partial charge < -0.3 is 4.84 Å². The molecule has 3 nitrogen and oxygen atoms in total. The molecule has 1 aromatic rings. The summed E-state index contributed by atoms with van der Waals surface area (Å²) in [5.74, 6) is 0. The van der Waals surface area contributed by atoms with Gasteiger partial charge in [-0.25, -0.2) is 4.85 Å². The van der Waals surface area contributed by atoms with Crippen LogP contribution in [-0.4, -0.2) is 17.1 Å². The highest BCUT2D eigenvalue weighted by Crippen LogP contribution is 2.20. The number of hydrogen-bond acceptors (Lipinski definition) is 2. The van der Waals surface area contributed by atoms with Crippen LogP contribution in [0.3, 0.4) is 0 Å². The molecule has 0 saturated carbocycles. The Kier molecular flexibility index (Phi) is 3.02. The van der Waals surface area contributed by atoms with E-state index in [9.17, 15) is 0 Å². The van der Waals surface area contributed by atoms with Crippen molar-refractivity contribution in [1.29, 1.82) is 0 Å². The Balaban J connectivity index is 2.15. The summed E-state index contributed by atoms with van der Waals surface area (Å²) in [4.78, 5) is 8.55. The number of oxime groups is 1. The number of rotatable bonds is 2. The second kappa shape index (κ2) is 4.45. The Hall–Kier alpha value is -1.34. The van der Waals surface area contributed by atoms with Crippen LogP contribution in [0.4, 0.5) is 5.69 Å². The van der Waals surface area contributed by atoms with Crippen molar-refractivity contribution in [3.8, 4) is 0 Å². The van der Waals surface area contributed by atoms with Crippen molar-refractivity contribution in [2.75, 3.05) is 5.33 Å². The fraction of sp³-hybridized carbons (Fsp3) is 0.273. The molecule has 1 aliphatic rings. The van der Waals surface area contributed by atoms with Crippen LogP contribution in [-0.2, 0) is 4.84 Å². The van der Waals surface area contributed by atoms with E-state index >= 15 is 0 Å². The van der Waals surface area contributed by atoms with Crippen molar-refractivity contribution < 1.29 is 4.84 Å². The largest absolute Gasteiger partial charge is 0.391 e. The zero-order valence-corrected chi connectivity index (χ0v) is 9.57. The molecule has 0 amide bonds. The van der Waals surface area contributed by atoms with Gasteiger partial charge in [0.2, 0.25) is 0 Å². The predicted octanol–water partition coefficient (Wildman–Crippen LogP) is 3.13. The molecule has 76 valence electrons. The van der Waals surface area contributed by atoms with Crippen LogP contribution in [0.1, 0.15) is 12.0 Å². The number of benzene rings is 1. The minimum absolute atomic E-state index is 0.139. The molecule has 1 atom stereocenters.